The first-order chi connectivity index (χ1) is 17.7. The van der Waals surface area contributed by atoms with Gasteiger partial charge in [-0.1, -0.05) is 66.7 Å². The van der Waals surface area contributed by atoms with E-state index < -0.39 is 0 Å². The van der Waals surface area contributed by atoms with Crippen molar-refractivity contribution in [2.45, 2.75) is 20.1 Å². The molecule has 36 heavy (non-hydrogen) atoms. The van der Waals surface area contributed by atoms with Crippen molar-refractivity contribution in [2.24, 2.45) is 0 Å². The van der Waals surface area contributed by atoms with Crippen LogP contribution in [0.15, 0.2) is 103 Å². The van der Waals surface area contributed by atoms with Crippen molar-refractivity contribution in [3.05, 3.63) is 131 Å². The Morgan fingerprint density at radius 3 is 2.50 bits per heavy atom. The molecule has 176 valence electrons. The van der Waals surface area contributed by atoms with Crippen molar-refractivity contribution in [3.63, 3.8) is 0 Å². The molecule has 0 atom stereocenters. The van der Waals surface area contributed by atoms with E-state index in [0.29, 0.717) is 30.4 Å². The van der Waals surface area contributed by atoms with Crippen LogP contribution < -0.4 is 9.47 Å². The quantitative estimate of drug-likeness (QED) is 0.235. The number of ether oxygens (including phenoxy) is 2. The molecular weight excluding hydrogens is 446 g/mol. The van der Waals surface area contributed by atoms with Crippen LogP contribution in [0.2, 0.25) is 0 Å². The van der Waals surface area contributed by atoms with Gasteiger partial charge in [-0.05, 0) is 52.9 Å². The Morgan fingerprint density at radius 2 is 1.69 bits per heavy atom. The zero-order valence-electron chi connectivity index (χ0n) is 19.9. The smallest absolute Gasteiger partial charge is 0.187 e. The lowest BCUT2D eigenvalue weighted by molar-refractivity contribution is 0.290. The van der Waals surface area contributed by atoms with Gasteiger partial charge in [0.05, 0.1) is 12.1 Å². The van der Waals surface area contributed by atoms with E-state index in [1.54, 1.807) is 18.5 Å². The molecule has 1 heterocycles. The van der Waals surface area contributed by atoms with Crippen molar-refractivity contribution >= 4 is 5.69 Å². The molecule has 0 radical (unpaired) electrons. The lowest BCUT2D eigenvalue weighted by Crippen LogP contribution is -2.01. The van der Waals surface area contributed by atoms with E-state index >= 15 is 0 Å². The average Bonchev–Trinajstić information content (AvgIpc) is 3.47. The van der Waals surface area contributed by atoms with E-state index in [-0.39, 0.29) is 0 Å². The van der Waals surface area contributed by atoms with Gasteiger partial charge >= 0.3 is 0 Å². The van der Waals surface area contributed by atoms with Crippen molar-refractivity contribution in [2.75, 3.05) is 0 Å². The number of nitrogens with one attached hydrogen (secondary N) is 1. The first-order valence-corrected chi connectivity index (χ1v) is 11.7. The van der Waals surface area contributed by atoms with Gasteiger partial charge in [0.25, 0.3) is 0 Å². The van der Waals surface area contributed by atoms with Crippen LogP contribution >= 0.6 is 0 Å². The first kappa shape index (κ1) is 22.9. The van der Waals surface area contributed by atoms with Crippen LogP contribution in [0.1, 0.15) is 16.7 Å². The molecule has 0 spiro atoms. The molecule has 5 nitrogen and oxygen atoms in total. The Kier molecular flexibility index (Phi) is 6.77. The summed E-state index contributed by atoms with van der Waals surface area (Å²) in [5.41, 5.74) is 7.09. The molecule has 0 unspecified atom stereocenters. The number of hydrogen-bond donors (Lipinski definition) is 1. The summed E-state index contributed by atoms with van der Waals surface area (Å²) in [5.74, 6) is 2.09. The molecule has 4 aromatic carbocycles. The topological polar surface area (TPSA) is 51.5 Å². The predicted molar refractivity (Wildman–Crippen MR) is 142 cm³/mol. The molecule has 5 aromatic rings. The molecule has 0 fully saturated rings. The van der Waals surface area contributed by atoms with E-state index in [0.717, 1.165) is 22.5 Å². The third-order valence-corrected chi connectivity index (χ3v) is 6.07. The highest BCUT2D eigenvalue weighted by atomic mass is 16.5. The number of benzene rings is 4. The van der Waals surface area contributed by atoms with E-state index in [2.05, 4.69) is 64.2 Å². The molecule has 0 amide bonds. The van der Waals surface area contributed by atoms with Gasteiger partial charge in [-0.2, -0.15) is 0 Å². The van der Waals surface area contributed by atoms with Gasteiger partial charge < -0.3 is 14.5 Å². The second-order valence-electron chi connectivity index (χ2n) is 8.41. The fraction of sp³-hybridized carbons (Fsp3) is 0.0968. The number of aromatic amines is 1. The molecule has 5 heteroatoms. The summed E-state index contributed by atoms with van der Waals surface area (Å²) < 4.78 is 12.4. The van der Waals surface area contributed by atoms with Gasteiger partial charge in [0.1, 0.15) is 30.5 Å². The molecule has 0 bridgehead atoms. The molecule has 5 rings (SSSR count). The Hall–Kier alpha value is -4.82. The van der Waals surface area contributed by atoms with Crippen LogP contribution in [0.3, 0.4) is 0 Å². The summed E-state index contributed by atoms with van der Waals surface area (Å²) >= 11 is 0. The molecule has 0 saturated carbocycles. The van der Waals surface area contributed by atoms with Crippen molar-refractivity contribution in [1.82, 2.24) is 9.97 Å². The number of nitrogens with zero attached hydrogens (tertiary/aromatic N) is 2. The predicted octanol–water partition coefficient (Wildman–Crippen LogP) is 7.76. The lowest BCUT2D eigenvalue weighted by Gasteiger charge is -2.15. The van der Waals surface area contributed by atoms with Crippen LogP contribution in [0, 0.1) is 13.5 Å². The summed E-state index contributed by atoms with van der Waals surface area (Å²) in [4.78, 5) is 11.0. The third kappa shape index (κ3) is 5.13. The molecule has 0 aliphatic rings. The SMILES string of the molecule is [C-]#[N+]c1cccc(COc2cc(OCc3cccc(-c4ccccc4)c3C)ccc2-c2ncc[nH]2)c1. The maximum atomic E-state index is 7.24. The highest BCUT2D eigenvalue weighted by Crippen LogP contribution is 2.33. The lowest BCUT2D eigenvalue weighted by atomic mass is 9.97. The normalized spacial score (nSPS) is 10.6. The summed E-state index contributed by atoms with van der Waals surface area (Å²) in [6.07, 6.45) is 3.50. The van der Waals surface area contributed by atoms with Crippen LogP contribution in [0.4, 0.5) is 5.69 Å². The highest BCUT2D eigenvalue weighted by Gasteiger charge is 2.12. The molecule has 1 aromatic heterocycles. The van der Waals surface area contributed by atoms with Gasteiger partial charge in [-0.25, -0.2) is 9.83 Å². The van der Waals surface area contributed by atoms with Crippen LogP contribution in [0.5, 0.6) is 11.5 Å². The standard InChI is InChI=1S/C31H25N3O2/c1-22-25(11-7-13-28(22)24-9-4-3-5-10-24)21-35-27-14-15-29(31-33-16-17-34-31)30(19-27)36-20-23-8-6-12-26(18-23)32-2/h3-19H,20-21H2,1H3,(H,33,34). The zero-order chi connectivity index (χ0) is 24.7. The summed E-state index contributed by atoms with van der Waals surface area (Å²) in [6.45, 7) is 10.2. The van der Waals surface area contributed by atoms with Gasteiger partial charge in [0.15, 0.2) is 5.69 Å². The second kappa shape index (κ2) is 10.6. The number of aromatic nitrogens is 2. The van der Waals surface area contributed by atoms with Crippen LogP contribution in [-0.4, -0.2) is 9.97 Å². The minimum atomic E-state index is 0.332. The summed E-state index contributed by atoms with van der Waals surface area (Å²) in [6, 6.07) is 29.9. The van der Waals surface area contributed by atoms with Crippen LogP contribution in [0.25, 0.3) is 27.4 Å². The summed E-state index contributed by atoms with van der Waals surface area (Å²) in [5, 5.41) is 0. The average molecular weight is 472 g/mol. The number of H-pyrrole nitrogens is 1. The van der Waals surface area contributed by atoms with Gasteiger partial charge in [-0.15, -0.1) is 0 Å². The fourth-order valence-electron chi connectivity index (χ4n) is 4.13. The fourth-order valence-corrected chi connectivity index (χ4v) is 4.13. The molecular formula is C31H25N3O2. The number of rotatable bonds is 8. The number of hydrogen-bond acceptors (Lipinski definition) is 3. The van der Waals surface area contributed by atoms with Gasteiger partial charge in [0.2, 0.25) is 0 Å². The van der Waals surface area contributed by atoms with Crippen molar-refractivity contribution in [1.29, 1.82) is 0 Å². The van der Waals surface area contributed by atoms with E-state index in [1.807, 2.05) is 42.5 Å². The van der Waals surface area contributed by atoms with Crippen molar-refractivity contribution in [3.8, 4) is 34.0 Å². The van der Waals surface area contributed by atoms with Gasteiger partial charge in [-0.3, -0.25) is 0 Å². The Labute approximate surface area is 210 Å². The molecule has 1 N–H and O–H groups in total. The molecule has 0 aliphatic carbocycles. The summed E-state index contributed by atoms with van der Waals surface area (Å²) in [7, 11) is 0. The van der Waals surface area contributed by atoms with Crippen molar-refractivity contribution < 1.29 is 9.47 Å². The molecule has 0 aliphatic heterocycles. The third-order valence-electron chi connectivity index (χ3n) is 6.07. The second-order valence-corrected chi connectivity index (χ2v) is 8.41. The van der Waals surface area contributed by atoms with E-state index in [9.17, 15) is 0 Å². The van der Waals surface area contributed by atoms with E-state index in [1.165, 1.54) is 16.7 Å². The van der Waals surface area contributed by atoms with Gasteiger partial charge in [0, 0.05) is 18.5 Å². The maximum absolute atomic E-state index is 7.24. The Bertz CT molecular complexity index is 1500. The zero-order valence-corrected chi connectivity index (χ0v) is 19.9. The first-order valence-electron chi connectivity index (χ1n) is 11.7. The Morgan fingerprint density at radius 1 is 0.833 bits per heavy atom. The number of imidazole rings is 1. The van der Waals surface area contributed by atoms with E-state index in [4.69, 9.17) is 16.0 Å². The maximum Gasteiger partial charge on any atom is 0.187 e. The minimum Gasteiger partial charge on any atom is -0.489 e. The van der Waals surface area contributed by atoms with Crippen LogP contribution in [-0.2, 0) is 13.2 Å². The molecule has 0 saturated heterocycles. The highest BCUT2D eigenvalue weighted by molar-refractivity contribution is 5.68. The minimum absolute atomic E-state index is 0.332. The Balaban J connectivity index is 1.37. The largest absolute Gasteiger partial charge is 0.489 e. The monoisotopic (exact) mass is 471 g/mol.